The number of thiophene rings is 1. The van der Waals surface area contributed by atoms with Gasteiger partial charge in [0.15, 0.2) is 0 Å². The van der Waals surface area contributed by atoms with Crippen molar-refractivity contribution in [3.05, 3.63) is 20.8 Å². The first-order chi connectivity index (χ1) is 8.72. The first-order valence-corrected chi connectivity index (χ1v) is 7.56. The van der Waals surface area contributed by atoms with Gasteiger partial charge < -0.3 is 14.8 Å². The Balaban J connectivity index is 1.64. The third kappa shape index (κ3) is 2.32. The minimum Gasteiger partial charge on any atom is -0.378 e. The molecule has 1 aromatic rings. The van der Waals surface area contributed by atoms with E-state index in [1.807, 2.05) is 0 Å². The Morgan fingerprint density at radius 3 is 3.28 bits per heavy atom. The lowest BCUT2D eigenvalue weighted by Gasteiger charge is -2.28. The van der Waals surface area contributed by atoms with Gasteiger partial charge in [0.1, 0.15) is 5.60 Å². The van der Waals surface area contributed by atoms with E-state index in [-0.39, 0.29) is 5.60 Å². The number of fused-ring (bicyclic) bond motifs is 1. The molecule has 3 rings (SSSR count). The summed E-state index contributed by atoms with van der Waals surface area (Å²) in [6.45, 7) is 2.34. The van der Waals surface area contributed by atoms with Crippen molar-refractivity contribution in [1.29, 1.82) is 0 Å². The van der Waals surface area contributed by atoms with Crippen LogP contribution in [-0.2, 0) is 15.9 Å². The minimum atomic E-state index is -0.136. The van der Waals surface area contributed by atoms with E-state index in [1.54, 1.807) is 18.4 Å². The molecule has 3 nitrogen and oxygen atoms in total. The molecule has 1 aliphatic carbocycles. The fourth-order valence-electron chi connectivity index (χ4n) is 2.81. The second-order valence-electron chi connectivity index (χ2n) is 5.09. The van der Waals surface area contributed by atoms with Gasteiger partial charge in [-0.1, -0.05) is 11.6 Å². The first kappa shape index (κ1) is 12.9. The third-order valence-electron chi connectivity index (χ3n) is 4.02. The summed E-state index contributed by atoms with van der Waals surface area (Å²) in [4.78, 5) is 1.44. The molecule has 0 radical (unpaired) electrons. The molecule has 0 bridgehead atoms. The highest BCUT2D eigenvalue weighted by molar-refractivity contribution is 7.16. The Bertz CT molecular complexity index is 429. The van der Waals surface area contributed by atoms with Gasteiger partial charge in [-0.05, 0) is 24.5 Å². The zero-order chi connectivity index (χ0) is 12.6. The van der Waals surface area contributed by atoms with E-state index in [0.717, 1.165) is 30.3 Å². The molecule has 100 valence electrons. The van der Waals surface area contributed by atoms with Gasteiger partial charge in [0.25, 0.3) is 0 Å². The van der Waals surface area contributed by atoms with Crippen LogP contribution in [0.2, 0.25) is 4.34 Å². The van der Waals surface area contributed by atoms with Crippen LogP contribution < -0.4 is 5.32 Å². The monoisotopic (exact) mass is 287 g/mol. The van der Waals surface area contributed by atoms with Crippen LogP contribution in [0, 0.1) is 0 Å². The molecule has 5 heteroatoms. The van der Waals surface area contributed by atoms with Gasteiger partial charge in [-0.25, -0.2) is 0 Å². The van der Waals surface area contributed by atoms with Crippen LogP contribution in [0.3, 0.4) is 0 Å². The van der Waals surface area contributed by atoms with Gasteiger partial charge in [0.05, 0.1) is 10.9 Å². The number of hydrogen-bond donors (Lipinski definition) is 1. The van der Waals surface area contributed by atoms with Crippen LogP contribution in [0.1, 0.15) is 29.3 Å². The summed E-state index contributed by atoms with van der Waals surface area (Å²) in [5.74, 6) is 0. The zero-order valence-corrected chi connectivity index (χ0v) is 12.1. The van der Waals surface area contributed by atoms with E-state index in [0.29, 0.717) is 12.6 Å². The topological polar surface area (TPSA) is 30.5 Å². The Morgan fingerprint density at radius 1 is 1.67 bits per heavy atom. The molecule has 0 aromatic carbocycles. The molecule has 18 heavy (non-hydrogen) atoms. The Hall–Kier alpha value is -0.130. The van der Waals surface area contributed by atoms with Crippen molar-refractivity contribution >= 4 is 22.9 Å². The quantitative estimate of drug-likeness (QED) is 0.924. The second-order valence-corrected chi connectivity index (χ2v) is 6.86. The summed E-state index contributed by atoms with van der Waals surface area (Å²) in [7, 11) is 1.78. The molecule has 1 saturated heterocycles. The number of halogens is 1. The molecule has 0 spiro atoms. The molecule has 1 aromatic heterocycles. The van der Waals surface area contributed by atoms with E-state index in [1.165, 1.54) is 16.9 Å². The van der Waals surface area contributed by atoms with Gasteiger partial charge in [-0.2, -0.15) is 0 Å². The van der Waals surface area contributed by atoms with Gasteiger partial charge in [0.2, 0.25) is 0 Å². The summed E-state index contributed by atoms with van der Waals surface area (Å²) < 4.78 is 12.0. The Labute approximate surface area is 116 Å². The van der Waals surface area contributed by atoms with Gasteiger partial charge in [0, 0.05) is 37.6 Å². The third-order valence-corrected chi connectivity index (χ3v) is 5.36. The van der Waals surface area contributed by atoms with E-state index >= 15 is 0 Å². The second kappa shape index (κ2) is 5.10. The maximum Gasteiger partial charge on any atom is 0.106 e. The van der Waals surface area contributed by atoms with Crippen LogP contribution in [0.25, 0.3) is 0 Å². The zero-order valence-electron chi connectivity index (χ0n) is 10.5. The molecular weight excluding hydrogens is 270 g/mol. The molecule has 2 unspecified atom stereocenters. The van der Waals surface area contributed by atoms with Crippen LogP contribution in [-0.4, -0.2) is 32.5 Å². The van der Waals surface area contributed by atoms with Crippen molar-refractivity contribution in [3.8, 4) is 0 Å². The first-order valence-electron chi connectivity index (χ1n) is 6.37. The molecule has 1 aliphatic heterocycles. The van der Waals surface area contributed by atoms with Crippen LogP contribution in [0.15, 0.2) is 6.07 Å². The Morgan fingerprint density at radius 2 is 2.56 bits per heavy atom. The molecular formula is C13H18ClNO2S. The van der Waals surface area contributed by atoms with Crippen molar-refractivity contribution in [2.75, 3.05) is 26.9 Å². The van der Waals surface area contributed by atoms with Crippen LogP contribution >= 0.6 is 22.9 Å². The fourth-order valence-corrected chi connectivity index (χ4v) is 4.17. The summed E-state index contributed by atoms with van der Waals surface area (Å²) in [5, 5.41) is 3.63. The molecule has 0 saturated carbocycles. The Kier molecular flexibility index (Phi) is 3.65. The maximum atomic E-state index is 6.07. The number of hydrogen-bond acceptors (Lipinski definition) is 4. The molecule has 0 amide bonds. The maximum absolute atomic E-state index is 6.07. The summed E-state index contributed by atoms with van der Waals surface area (Å²) in [5.41, 5.74) is 1.25. The van der Waals surface area contributed by atoms with E-state index < -0.39 is 0 Å². The highest BCUT2D eigenvalue weighted by Crippen LogP contribution is 2.39. The lowest BCUT2D eigenvalue weighted by atomic mass is 10.0. The summed E-state index contributed by atoms with van der Waals surface area (Å²) in [6.07, 6.45) is 3.28. The smallest absolute Gasteiger partial charge is 0.106 e. The lowest BCUT2D eigenvalue weighted by molar-refractivity contribution is -0.0175. The average Bonchev–Trinajstić information content (AvgIpc) is 3.03. The summed E-state index contributed by atoms with van der Waals surface area (Å²) >= 11 is 7.78. The SMILES string of the molecule is COC1(CNC2CCc3sc(Cl)cc32)CCOC1. The number of methoxy groups -OCH3 is 1. The van der Waals surface area contributed by atoms with Crippen molar-refractivity contribution in [1.82, 2.24) is 5.32 Å². The van der Waals surface area contributed by atoms with Gasteiger partial charge in [-0.3, -0.25) is 0 Å². The highest BCUT2D eigenvalue weighted by atomic mass is 35.5. The highest BCUT2D eigenvalue weighted by Gasteiger charge is 2.36. The molecule has 1 fully saturated rings. The lowest BCUT2D eigenvalue weighted by Crippen LogP contribution is -2.43. The number of ether oxygens (including phenoxy) is 2. The summed E-state index contributed by atoms with van der Waals surface area (Å²) in [6, 6.07) is 2.54. The molecule has 2 aliphatic rings. The number of nitrogens with one attached hydrogen (secondary N) is 1. The molecule has 2 atom stereocenters. The molecule has 2 heterocycles. The largest absolute Gasteiger partial charge is 0.378 e. The van der Waals surface area contributed by atoms with E-state index in [2.05, 4.69) is 11.4 Å². The van der Waals surface area contributed by atoms with Crippen LogP contribution in [0.4, 0.5) is 0 Å². The predicted molar refractivity (Wildman–Crippen MR) is 73.6 cm³/mol. The van der Waals surface area contributed by atoms with Crippen LogP contribution in [0.5, 0.6) is 0 Å². The normalized spacial score (nSPS) is 30.9. The molecule has 1 N–H and O–H groups in total. The number of rotatable bonds is 4. The standard InChI is InChI=1S/C13H18ClNO2S/c1-16-13(4-5-17-8-13)7-15-10-2-3-11-9(10)6-12(14)18-11/h6,10,15H,2-5,7-8H2,1H3. The van der Waals surface area contributed by atoms with Gasteiger partial charge in [-0.15, -0.1) is 11.3 Å². The van der Waals surface area contributed by atoms with E-state index in [4.69, 9.17) is 21.1 Å². The van der Waals surface area contributed by atoms with Crippen molar-refractivity contribution in [2.24, 2.45) is 0 Å². The predicted octanol–water partition coefficient (Wildman–Crippen LogP) is 2.78. The van der Waals surface area contributed by atoms with Crippen molar-refractivity contribution in [2.45, 2.75) is 30.9 Å². The van der Waals surface area contributed by atoms with Crippen molar-refractivity contribution < 1.29 is 9.47 Å². The number of aryl methyl sites for hydroxylation is 1. The van der Waals surface area contributed by atoms with Gasteiger partial charge >= 0.3 is 0 Å². The van der Waals surface area contributed by atoms with E-state index in [9.17, 15) is 0 Å². The fraction of sp³-hybridized carbons (Fsp3) is 0.692. The minimum absolute atomic E-state index is 0.136. The average molecular weight is 288 g/mol. The van der Waals surface area contributed by atoms with Crippen molar-refractivity contribution in [3.63, 3.8) is 0 Å².